The second-order valence-corrected chi connectivity index (χ2v) is 12.2. The predicted molar refractivity (Wildman–Crippen MR) is 165 cm³/mol. The van der Waals surface area contributed by atoms with Crippen LogP contribution in [0.2, 0.25) is 0 Å². The number of hydrogen-bond acceptors (Lipinski definition) is 8. The molecule has 0 radical (unpaired) electrons. The third-order valence-corrected chi connectivity index (χ3v) is 6.96. The highest BCUT2D eigenvalue weighted by Crippen LogP contribution is 2.27. The van der Waals surface area contributed by atoms with E-state index in [1.54, 1.807) is 58.9 Å². The average Bonchev–Trinajstić information content (AvgIpc) is 2.89. The summed E-state index contributed by atoms with van der Waals surface area (Å²) in [7, 11) is 1.47. The zero-order chi connectivity index (χ0) is 32.8. The minimum absolute atomic E-state index is 0.0703. The Labute approximate surface area is 255 Å². The molecule has 1 unspecified atom stereocenters. The number of rotatable bonds is 9. The van der Waals surface area contributed by atoms with Gasteiger partial charge in [-0.15, -0.1) is 5.01 Å². The summed E-state index contributed by atoms with van der Waals surface area (Å²) in [5.41, 5.74) is 1.54. The lowest BCUT2D eigenvalue weighted by molar-refractivity contribution is -0.160. The zero-order valence-corrected chi connectivity index (χ0v) is 27.6. The van der Waals surface area contributed by atoms with Gasteiger partial charge in [-0.1, -0.05) is 23.3 Å². The molecule has 0 saturated carbocycles. The van der Waals surface area contributed by atoms with Crippen LogP contribution in [0.25, 0.3) is 0 Å². The maximum absolute atomic E-state index is 14.1. The van der Waals surface area contributed by atoms with Gasteiger partial charge >= 0.3 is 12.1 Å². The van der Waals surface area contributed by atoms with Crippen molar-refractivity contribution in [3.05, 3.63) is 64.2 Å². The lowest BCUT2D eigenvalue weighted by Gasteiger charge is -2.41. The number of benzene rings is 2. The molecule has 0 saturated heterocycles. The molecular weight excluding hydrogens is 550 g/mol. The van der Waals surface area contributed by atoms with Gasteiger partial charge in [0.2, 0.25) is 6.79 Å². The van der Waals surface area contributed by atoms with Gasteiger partial charge in [0.05, 0.1) is 12.6 Å². The van der Waals surface area contributed by atoms with Crippen molar-refractivity contribution in [2.75, 3.05) is 13.9 Å². The van der Waals surface area contributed by atoms with Crippen LogP contribution >= 0.6 is 0 Å². The minimum Gasteiger partial charge on any atom is -0.496 e. The Morgan fingerprint density at radius 2 is 1.37 bits per heavy atom. The molecule has 0 heterocycles. The van der Waals surface area contributed by atoms with E-state index in [1.807, 2.05) is 52.5 Å². The Balaban J connectivity index is 2.52. The Kier molecular flexibility index (Phi) is 11.9. The fraction of sp³-hybridized carbons (Fsp3) is 0.515. The quantitative estimate of drug-likeness (QED) is 0.195. The van der Waals surface area contributed by atoms with E-state index in [2.05, 4.69) is 0 Å². The second kappa shape index (κ2) is 14.5. The first kappa shape index (κ1) is 35.3. The molecule has 0 N–H and O–H groups in total. The maximum atomic E-state index is 14.1. The Morgan fingerprint density at radius 1 is 0.814 bits per heavy atom. The van der Waals surface area contributed by atoms with E-state index in [0.29, 0.717) is 21.9 Å². The molecule has 0 spiro atoms. The molecule has 0 fully saturated rings. The van der Waals surface area contributed by atoms with Gasteiger partial charge in [-0.05, 0) is 100 Å². The van der Waals surface area contributed by atoms with Crippen LogP contribution in [0.1, 0.15) is 92.8 Å². The zero-order valence-electron chi connectivity index (χ0n) is 27.6. The number of hydrazine groups is 1. The van der Waals surface area contributed by atoms with Gasteiger partial charge in [-0.3, -0.25) is 19.3 Å². The van der Waals surface area contributed by atoms with Gasteiger partial charge in [0.1, 0.15) is 11.8 Å². The molecule has 0 aromatic heterocycles. The topological polar surface area (TPSA) is 106 Å². The Bertz CT molecular complexity index is 1300. The smallest absolute Gasteiger partial charge is 0.439 e. The van der Waals surface area contributed by atoms with E-state index in [4.69, 9.17) is 14.2 Å². The van der Waals surface area contributed by atoms with Crippen molar-refractivity contribution in [2.45, 2.75) is 99.8 Å². The highest BCUT2D eigenvalue weighted by Gasteiger charge is 2.42. The molecule has 2 rings (SSSR count). The molecule has 10 heteroatoms. The van der Waals surface area contributed by atoms with E-state index >= 15 is 0 Å². The van der Waals surface area contributed by atoms with Gasteiger partial charge in [0.15, 0.2) is 0 Å². The number of methoxy groups -OCH3 is 1. The fourth-order valence-corrected chi connectivity index (χ4v) is 5.28. The number of amides is 3. The molecule has 0 bridgehead atoms. The van der Waals surface area contributed by atoms with E-state index in [-0.39, 0.29) is 17.6 Å². The summed E-state index contributed by atoms with van der Waals surface area (Å²) >= 11 is 0. The first-order valence-electron chi connectivity index (χ1n) is 14.4. The van der Waals surface area contributed by atoms with Crippen molar-refractivity contribution in [3.8, 4) is 5.75 Å². The molecule has 1 atom stereocenters. The molecule has 0 aliphatic carbocycles. The van der Waals surface area contributed by atoms with E-state index in [9.17, 15) is 19.2 Å². The summed E-state index contributed by atoms with van der Waals surface area (Å²) in [4.78, 5) is 56.8. The van der Waals surface area contributed by atoms with Crippen molar-refractivity contribution >= 4 is 23.9 Å². The lowest BCUT2D eigenvalue weighted by Crippen LogP contribution is -2.60. The maximum Gasteiger partial charge on any atom is 0.439 e. The first-order valence-corrected chi connectivity index (χ1v) is 14.4. The van der Waals surface area contributed by atoms with Crippen LogP contribution in [0.4, 0.5) is 4.79 Å². The number of aryl methyl sites for hydroxylation is 2. The van der Waals surface area contributed by atoms with Crippen LogP contribution in [0.15, 0.2) is 36.4 Å². The van der Waals surface area contributed by atoms with Crippen LogP contribution in [0.3, 0.4) is 0 Å². The highest BCUT2D eigenvalue weighted by molar-refractivity contribution is 6.07. The van der Waals surface area contributed by atoms with Crippen molar-refractivity contribution in [3.63, 3.8) is 0 Å². The Morgan fingerprint density at radius 3 is 1.86 bits per heavy atom. The molecule has 2 aromatic rings. The summed E-state index contributed by atoms with van der Waals surface area (Å²) in [5, 5.41) is 1.75. The number of ether oxygens (including phenoxy) is 3. The lowest BCUT2D eigenvalue weighted by atomic mass is 10.0. The van der Waals surface area contributed by atoms with Gasteiger partial charge in [-0.2, -0.15) is 0 Å². The van der Waals surface area contributed by atoms with Crippen molar-refractivity contribution in [2.24, 2.45) is 0 Å². The molecule has 0 aliphatic heterocycles. The number of esters is 1. The van der Waals surface area contributed by atoms with Crippen LogP contribution in [0, 0.1) is 20.8 Å². The first-order chi connectivity index (χ1) is 19.9. The number of nitrogens with zero attached hydrogens (tertiary/aromatic N) is 3. The van der Waals surface area contributed by atoms with Crippen LogP contribution in [-0.2, 0) is 14.3 Å². The largest absolute Gasteiger partial charge is 0.496 e. The summed E-state index contributed by atoms with van der Waals surface area (Å²) in [6, 6.07) is 9.69. The van der Waals surface area contributed by atoms with Crippen molar-refractivity contribution in [1.82, 2.24) is 14.9 Å². The van der Waals surface area contributed by atoms with Crippen LogP contribution in [-0.4, -0.2) is 76.4 Å². The highest BCUT2D eigenvalue weighted by atomic mass is 16.7. The number of imide groups is 1. The summed E-state index contributed by atoms with van der Waals surface area (Å²) < 4.78 is 16.0. The third kappa shape index (κ3) is 8.56. The average molecular weight is 598 g/mol. The minimum atomic E-state index is -1.18. The fourth-order valence-electron chi connectivity index (χ4n) is 5.28. The molecular formula is C33H47N3O7. The van der Waals surface area contributed by atoms with Gasteiger partial charge in [0, 0.05) is 28.8 Å². The van der Waals surface area contributed by atoms with Crippen molar-refractivity contribution < 1.29 is 33.4 Å². The molecule has 43 heavy (non-hydrogen) atoms. The van der Waals surface area contributed by atoms with Crippen LogP contribution in [0.5, 0.6) is 5.75 Å². The van der Waals surface area contributed by atoms with E-state index < -0.39 is 42.3 Å². The second-order valence-electron chi connectivity index (χ2n) is 12.2. The van der Waals surface area contributed by atoms with Gasteiger partial charge in [0.25, 0.3) is 11.8 Å². The molecule has 3 amide bonds. The Hall–Kier alpha value is -3.92. The third-order valence-electron chi connectivity index (χ3n) is 6.96. The number of hydrogen-bond donors (Lipinski definition) is 0. The molecule has 10 nitrogen and oxygen atoms in total. The van der Waals surface area contributed by atoms with E-state index in [1.165, 1.54) is 13.2 Å². The molecule has 2 aromatic carbocycles. The summed E-state index contributed by atoms with van der Waals surface area (Å²) in [5.74, 6) is -1.54. The van der Waals surface area contributed by atoms with Gasteiger partial charge in [-0.25, -0.2) is 9.80 Å². The summed E-state index contributed by atoms with van der Waals surface area (Å²) in [6.07, 6.45) is -1.18. The predicted octanol–water partition coefficient (Wildman–Crippen LogP) is 6.06. The standard InChI is InChI=1S/C33H47N3O7/c1-20(2)34(21(3)4)25(8)31(39)42-19-43-32(40)35(30(38)27-14-13-15-28(41-12)24(27)7)36(33(9,10)11)29(37)26-17-22(5)16-23(6)18-26/h13-18,20-21,25H,19H2,1-12H3. The molecule has 0 aliphatic rings. The number of carbonyl (C=O) groups is 4. The van der Waals surface area contributed by atoms with Crippen molar-refractivity contribution in [1.29, 1.82) is 0 Å². The van der Waals surface area contributed by atoms with Crippen LogP contribution < -0.4 is 4.74 Å². The summed E-state index contributed by atoms with van der Waals surface area (Å²) in [6.45, 7) is 19.4. The monoisotopic (exact) mass is 597 g/mol. The molecule has 236 valence electrons. The van der Waals surface area contributed by atoms with E-state index in [0.717, 1.165) is 16.1 Å². The van der Waals surface area contributed by atoms with Gasteiger partial charge < -0.3 is 14.2 Å². The normalized spacial score (nSPS) is 12.3. The number of carbonyl (C=O) groups excluding carboxylic acids is 4. The SMILES string of the molecule is COc1cccc(C(=O)N(C(=O)OCOC(=O)C(C)N(C(C)C)C(C)C)N(C(=O)c2cc(C)cc(C)c2)C(C)(C)C)c1C.